The molecule has 0 saturated carbocycles. The smallest absolute Gasteiger partial charge is 0.0638 e. The molecule has 0 bridgehead atoms. The van der Waals surface area contributed by atoms with Gasteiger partial charge in [-0.05, 0) is 32.9 Å². The molecule has 1 N–H and O–H groups in total. The zero-order chi connectivity index (χ0) is 11.4. The van der Waals surface area contributed by atoms with Gasteiger partial charge in [0.2, 0.25) is 0 Å². The van der Waals surface area contributed by atoms with Gasteiger partial charge in [-0.1, -0.05) is 0 Å². The van der Waals surface area contributed by atoms with Crippen LogP contribution in [0.4, 0.5) is 0 Å². The molecule has 0 aliphatic carbocycles. The van der Waals surface area contributed by atoms with Crippen molar-refractivity contribution in [2.45, 2.75) is 26.3 Å². The Bertz CT molecular complexity index is 326. The van der Waals surface area contributed by atoms with Crippen LogP contribution >= 0.6 is 0 Å². The van der Waals surface area contributed by atoms with Crippen molar-refractivity contribution in [2.24, 2.45) is 7.05 Å². The second kappa shape index (κ2) is 5.46. The monoisotopic (exact) mass is 222 g/mol. The number of likely N-dealkylation sites (tertiary alicyclic amines) is 1. The third kappa shape index (κ3) is 3.06. The molecule has 1 aliphatic heterocycles. The highest BCUT2D eigenvalue weighted by Gasteiger charge is 2.10. The first kappa shape index (κ1) is 11.6. The maximum atomic E-state index is 4.33. The minimum atomic E-state index is 0.938. The third-order valence-electron chi connectivity index (χ3n) is 3.23. The van der Waals surface area contributed by atoms with Crippen molar-refractivity contribution in [3.8, 4) is 0 Å². The largest absolute Gasteiger partial charge is 0.311 e. The average molecular weight is 222 g/mol. The quantitative estimate of drug-likeness (QED) is 0.752. The van der Waals surface area contributed by atoms with E-state index >= 15 is 0 Å². The summed E-state index contributed by atoms with van der Waals surface area (Å²) in [5, 5.41) is 7.82. The molecule has 1 saturated heterocycles. The Morgan fingerprint density at radius 2 is 2.12 bits per heavy atom. The van der Waals surface area contributed by atoms with Crippen LogP contribution in [0.5, 0.6) is 0 Å². The summed E-state index contributed by atoms with van der Waals surface area (Å²) in [6.07, 6.45) is 4.85. The van der Waals surface area contributed by atoms with E-state index in [0.717, 1.165) is 18.8 Å². The van der Waals surface area contributed by atoms with Crippen LogP contribution < -0.4 is 5.32 Å². The number of hydrogen-bond donors (Lipinski definition) is 1. The number of aryl methyl sites for hydroxylation is 2. The molecule has 2 heterocycles. The van der Waals surface area contributed by atoms with Crippen LogP contribution in [0, 0.1) is 6.92 Å². The first-order chi connectivity index (χ1) is 7.75. The molecule has 2 rings (SSSR count). The summed E-state index contributed by atoms with van der Waals surface area (Å²) in [4.78, 5) is 2.53. The summed E-state index contributed by atoms with van der Waals surface area (Å²) in [7, 11) is 1.97. The van der Waals surface area contributed by atoms with Crippen LogP contribution in [-0.4, -0.2) is 40.9 Å². The lowest BCUT2D eigenvalue weighted by Gasteiger charge is -2.14. The first-order valence-corrected chi connectivity index (χ1v) is 6.18. The van der Waals surface area contributed by atoms with Crippen molar-refractivity contribution < 1.29 is 0 Å². The van der Waals surface area contributed by atoms with E-state index in [2.05, 4.69) is 28.4 Å². The SMILES string of the molecule is Cc1nn(C)cc1CNCCN1CCCC1. The molecule has 1 aromatic rings. The molecule has 0 unspecified atom stereocenters. The van der Waals surface area contributed by atoms with Gasteiger partial charge in [-0.15, -0.1) is 0 Å². The minimum Gasteiger partial charge on any atom is -0.311 e. The van der Waals surface area contributed by atoms with E-state index in [0.29, 0.717) is 0 Å². The molecular weight excluding hydrogens is 200 g/mol. The van der Waals surface area contributed by atoms with Gasteiger partial charge in [-0.3, -0.25) is 4.68 Å². The summed E-state index contributed by atoms with van der Waals surface area (Å²) in [5.41, 5.74) is 2.44. The van der Waals surface area contributed by atoms with E-state index < -0.39 is 0 Å². The van der Waals surface area contributed by atoms with Crippen LogP contribution in [0.25, 0.3) is 0 Å². The number of nitrogens with zero attached hydrogens (tertiary/aromatic N) is 3. The fraction of sp³-hybridized carbons (Fsp3) is 0.750. The van der Waals surface area contributed by atoms with E-state index in [1.807, 2.05) is 11.7 Å². The van der Waals surface area contributed by atoms with Crippen molar-refractivity contribution >= 4 is 0 Å². The number of aromatic nitrogens is 2. The van der Waals surface area contributed by atoms with Crippen molar-refractivity contribution in [1.82, 2.24) is 20.0 Å². The van der Waals surface area contributed by atoms with Crippen molar-refractivity contribution in [1.29, 1.82) is 0 Å². The molecule has 1 fully saturated rings. The standard InChI is InChI=1S/C12H22N4/c1-11-12(10-15(2)14-11)9-13-5-8-16-6-3-4-7-16/h10,13H,3-9H2,1-2H3. The van der Waals surface area contributed by atoms with Gasteiger partial charge in [0.05, 0.1) is 5.69 Å². The van der Waals surface area contributed by atoms with Crippen LogP contribution in [-0.2, 0) is 13.6 Å². The van der Waals surface area contributed by atoms with Crippen LogP contribution in [0.2, 0.25) is 0 Å². The molecule has 0 atom stereocenters. The lowest BCUT2D eigenvalue weighted by Crippen LogP contribution is -2.29. The highest BCUT2D eigenvalue weighted by molar-refractivity contribution is 5.14. The Kier molecular flexibility index (Phi) is 3.96. The maximum absolute atomic E-state index is 4.33. The topological polar surface area (TPSA) is 33.1 Å². The molecule has 90 valence electrons. The van der Waals surface area contributed by atoms with Gasteiger partial charge in [0, 0.05) is 38.4 Å². The molecule has 0 spiro atoms. The van der Waals surface area contributed by atoms with E-state index in [1.165, 1.54) is 38.0 Å². The molecule has 0 radical (unpaired) electrons. The van der Waals surface area contributed by atoms with Gasteiger partial charge >= 0.3 is 0 Å². The van der Waals surface area contributed by atoms with E-state index in [4.69, 9.17) is 0 Å². The van der Waals surface area contributed by atoms with Crippen molar-refractivity contribution in [3.63, 3.8) is 0 Å². The lowest BCUT2D eigenvalue weighted by molar-refractivity contribution is 0.335. The van der Waals surface area contributed by atoms with Gasteiger partial charge in [0.25, 0.3) is 0 Å². The molecule has 0 aromatic carbocycles. The number of rotatable bonds is 5. The molecule has 1 aromatic heterocycles. The zero-order valence-electron chi connectivity index (χ0n) is 10.4. The Balaban J connectivity index is 1.65. The van der Waals surface area contributed by atoms with Gasteiger partial charge in [-0.2, -0.15) is 5.10 Å². The lowest BCUT2D eigenvalue weighted by atomic mass is 10.2. The summed E-state index contributed by atoms with van der Waals surface area (Å²) in [5.74, 6) is 0. The van der Waals surface area contributed by atoms with Crippen LogP contribution in [0.1, 0.15) is 24.1 Å². The van der Waals surface area contributed by atoms with E-state index in [1.54, 1.807) is 0 Å². The van der Waals surface area contributed by atoms with Gasteiger partial charge < -0.3 is 10.2 Å². The molecule has 1 aliphatic rings. The second-order valence-electron chi connectivity index (χ2n) is 4.64. The minimum absolute atomic E-state index is 0.938. The molecule has 4 heteroatoms. The van der Waals surface area contributed by atoms with E-state index in [-0.39, 0.29) is 0 Å². The summed E-state index contributed by atoms with van der Waals surface area (Å²) < 4.78 is 1.88. The Morgan fingerprint density at radius 1 is 1.38 bits per heavy atom. The maximum Gasteiger partial charge on any atom is 0.0638 e. The van der Waals surface area contributed by atoms with Crippen molar-refractivity contribution in [2.75, 3.05) is 26.2 Å². The van der Waals surface area contributed by atoms with Crippen LogP contribution in [0.15, 0.2) is 6.20 Å². The average Bonchev–Trinajstić information content (AvgIpc) is 2.84. The molecular formula is C12H22N4. The number of nitrogens with one attached hydrogen (secondary N) is 1. The third-order valence-corrected chi connectivity index (χ3v) is 3.23. The zero-order valence-corrected chi connectivity index (χ0v) is 10.4. The van der Waals surface area contributed by atoms with Gasteiger partial charge in [0.15, 0.2) is 0 Å². The molecule has 0 amide bonds. The summed E-state index contributed by atoms with van der Waals surface area (Å²) in [6.45, 7) is 7.83. The summed E-state index contributed by atoms with van der Waals surface area (Å²) >= 11 is 0. The second-order valence-corrected chi connectivity index (χ2v) is 4.64. The Morgan fingerprint density at radius 3 is 2.75 bits per heavy atom. The Labute approximate surface area is 97.6 Å². The van der Waals surface area contributed by atoms with Crippen LogP contribution in [0.3, 0.4) is 0 Å². The summed E-state index contributed by atoms with van der Waals surface area (Å²) in [6, 6.07) is 0. The number of hydrogen-bond acceptors (Lipinski definition) is 3. The molecule has 4 nitrogen and oxygen atoms in total. The predicted molar refractivity (Wildman–Crippen MR) is 65.3 cm³/mol. The van der Waals surface area contributed by atoms with Gasteiger partial charge in [-0.25, -0.2) is 0 Å². The highest BCUT2D eigenvalue weighted by Crippen LogP contribution is 2.06. The fourth-order valence-electron chi connectivity index (χ4n) is 2.29. The van der Waals surface area contributed by atoms with Gasteiger partial charge in [0.1, 0.15) is 0 Å². The fourth-order valence-corrected chi connectivity index (χ4v) is 2.29. The normalized spacial score (nSPS) is 17.1. The first-order valence-electron chi connectivity index (χ1n) is 6.18. The predicted octanol–water partition coefficient (Wildman–Crippen LogP) is 0.914. The Hall–Kier alpha value is -0.870. The van der Waals surface area contributed by atoms with Crippen molar-refractivity contribution in [3.05, 3.63) is 17.5 Å². The molecule has 16 heavy (non-hydrogen) atoms. The highest BCUT2D eigenvalue weighted by atomic mass is 15.3. The van der Waals surface area contributed by atoms with E-state index in [9.17, 15) is 0 Å².